The van der Waals surface area contributed by atoms with Crippen molar-refractivity contribution >= 4 is 5.91 Å². The van der Waals surface area contributed by atoms with Gasteiger partial charge in [0.2, 0.25) is 5.91 Å². The van der Waals surface area contributed by atoms with Crippen LogP contribution in [0.2, 0.25) is 0 Å². The molecule has 134 valence electrons. The normalized spacial score (nSPS) is 16.3. The topological polar surface area (TPSA) is 75.6 Å². The first-order valence-electron chi connectivity index (χ1n) is 9.03. The third kappa shape index (κ3) is 3.14. The van der Waals surface area contributed by atoms with E-state index in [0.717, 1.165) is 41.9 Å². The molecule has 0 spiro atoms. The third-order valence-corrected chi connectivity index (χ3v) is 5.16. The van der Waals surface area contributed by atoms with Crippen LogP contribution in [0, 0.1) is 13.8 Å². The number of aryl methyl sites for hydroxylation is 2. The number of fused-ring (bicyclic) bond motifs is 1. The smallest absolute Gasteiger partial charge is 0.224 e. The van der Waals surface area contributed by atoms with Gasteiger partial charge in [-0.1, -0.05) is 18.2 Å². The first-order valence-corrected chi connectivity index (χ1v) is 9.03. The summed E-state index contributed by atoms with van der Waals surface area (Å²) >= 11 is 0. The zero-order chi connectivity index (χ0) is 18.1. The number of hydrogen-bond acceptors (Lipinski definition) is 3. The van der Waals surface area contributed by atoms with E-state index >= 15 is 0 Å². The minimum absolute atomic E-state index is 0.0563. The van der Waals surface area contributed by atoms with E-state index in [1.807, 2.05) is 55.1 Å². The van der Waals surface area contributed by atoms with Gasteiger partial charge >= 0.3 is 0 Å². The maximum atomic E-state index is 12.6. The largest absolute Gasteiger partial charge is 0.353 e. The van der Waals surface area contributed by atoms with Crippen molar-refractivity contribution in [3.05, 3.63) is 64.7 Å². The maximum Gasteiger partial charge on any atom is 0.224 e. The van der Waals surface area contributed by atoms with Crippen LogP contribution in [0.5, 0.6) is 0 Å². The van der Waals surface area contributed by atoms with Gasteiger partial charge in [-0.25, -0.2) is 4.68 Å². The number of H-pyrrole nitrogens is 1. The Morgan fingerprint density at radius 1 is 1.31 bits per heavy atom. The molecular weight excluding hydrogens is 326 g/mol. The van der Waals surface area contributed by atoms with Crippen LogP contribution in [-0.4, -0.2) is 31.9 Å². The molecule has 26 heavy (non-hydrogen) atoms. The number of carbonyl (C=O) groups excluding carboxylic acids is 1. The second-order valence-corrected chi connectivity index (χ2v) is 6.95. The van der Waals surface area contributed by atoms with Crippen molar-refractivity contribution in [2.24, 2.45) is 0 Å². The Balaban J connectivity index is 1.46. The minimum Gasteiger partial charge on any atom is -0.353 e. The number of benzene rings is 1. The van der Waals surface area contributed by atoms with E-state index in [1.165, 1.54) is 11.3 Å². The van der Waals surface area contributed by atoms with E-state index in [0.29, 0.717) is 6.42 Å². The van der Waals surface area contributed by atoms with Gasteiger partial charge in [0, 0.05) is 23.0 Å². The number of carbonyl (C=O) groups is 1. The number of rotatable bonds is 4. The molecule has 1 aromatic carbocycles. The average molecular weight is 349 g/mol. The van der Waals surface area contributed by atoms with Gasteiger partial charge in [-0.3, -0.25) is 9.89 Å². The highest BCUT2D eigenvalue weighted by atomic mass is 16.1. The molecule has 1 aliphatic carbocycles. The van der Waals surface area contributed by atoms with E-state index in [-0.39, 0.29) is 11.9 Å². The number of aromatic amines is 1. The van der Waals surface area contributed by atoms with Crippen molar-refractivity contribution in [1.29, 1.82) is 0 Å². The average Bonchev–Trinajstić information content (AvgIpc) is 3.21. The number of para-hydroxylation sites is 1. The van der Waals surface area contributed by atoms with Gasteiger partial charge in [0.1, 0.15) is 0 Å². The van der Waals surface area contributed by atoms with Crippen molar-refractivity contribution in [3.63, 3.8) is 0 Å². The molecule has 0 radical (unpaired) electrons. The summed E-state index contributed by atoms with van der Waals surface area (Å²) in [6, 6.07) is 10.2. The second-order valence-electron chi connectivity index (χ2n) is 6.95. The Kier molecular flexibility index (Phi) is 4.32. The highest BCUT2D eigenvalue weighted by molar-refractivity contribution is 5.79. The molecule has 1 amide bonds. The Morgan fingerprint density at radius 2 is 2.12 bits per heavy atom. The van der Waals surface area contributed by atoms with E-state index < -0.39 is 0 Å². The molecule has 2 N–H and O–H groups in total. The van der Waals surface area contributed by atoms with E-state index in [4.69, 9.17) is 0 Å². The Hall–Kier alpha value is -2.89. The molecule has 0 bridgehead atoms. The Morgan fingerprint density at radius 3 is 2.92 bits per heavy atom. The van der Waals surface area contributed by atoms with Gasteiger partial charge < -0.3 is 5.32 Å². The molecule has 1 atom stereocenters. The molecule has 1 unspecified atom stereocenters. The lowest BCUT2D eigenvalue weighted by Crippen LogP contribution is -2.39. The highest BCUT2D eigenvalue weighted by Crippen LogP contribution is 2.20. The molecule has 1 aliphatic rings. The summed E-state index contributed by atoms with van der Waals surface area (Å²) in [6.07, 6.45) is 4.95. The SMILES string of the molecule is Cc1nn(-c2ccccc2)c(C)c1CC(=O)NC1CCc2[nH]ncc2C1. The van der Waals surface area contributed by atoms with Gasteiger partial charge in [0.25, 0.3) is 0 Å². The van der Waals surface area contributed by atoms with Crippen LogP contribution in [0.15, 0.2) is 36.5 Å². The van der Waals surface area contributed by atoms with Gasteiger partial charge in [0.15, 0.2) is 0 Å². The monoisotopic (exact) mass is 349 g/mol. The minimum atomic E-state index is 0.0563. The van der Waals surface area contributed by atoms with Crippen molar-refractivity contribution in [2.75, 3.05) is 0 Å². The van der Waals surface area contributed by atoms with Crippen LogP contribution in [0.1, 0.15) is 34.6 Å². The quantitative estimate of drug-likeness (QED) is 0.759. The predicted molar refractivity (Wildman–Crippen MR) is 99.3 cm³/mol. The second kappa shape index (κ2) is 6.78. The molecule has 3 aromatic rings. The zero-order valence-corrected chi connectivity index (χ0v) is 15.1. The Bertz CT molecular complexity index is 925. The first-order chi connectivity index (χ1) is 12.6. The lowest BCUT2D eigenvalue weighted by molar-refractivity contribution is -0.121. The first kappa shape index (κ1) is 16.6. The fourth-order valence-electron chi connectivity index (χ4n) is 3.73. The molecule has 2 heterocycles. The van der Waals surface area contributed by atoms with Gasteiger partial charge in [-0.05, 0) is 50.8 Å². The summed E-state index contributed by atoms with van der Waals surface area (Å²) in [4.78, 5) is 12.6. The van der Waals surface area contributed by atoms with Gasteiger partial charge in [-0.15, -0.1) is 0 Å². The van der Waals surface area contributed by atoms with Crippen LogP contribution in [0.4, 0.5) is 0 Å². The maximum absolute atomic E-state index is 12.6. The summed E-state index contributed by atoms with van der Waals surface area (Å²) in [6.45, 7) is 3.99. The summed E-state index contributed by atoms with van der Waals surface area (Å²) in [5.41, 5.74) is 6.36. The van der Waals surface area contributed by atoms with Crippen molar-refractivity contribution in [2.45, 2.75) is 45.6 Å². The van der Waals surface area contributed by atoms with E-state index in [2.05, 4.69) is 20.6 Å². The molecule has 2 aromatic heterocycles. The fourth-order valence-corrected chi connectivity index (χ4v) is 3.73. The van der Waals surface area contributed by atoms with Crippen LogP contribution >= 0.6 is 0 Å². The van der Waals surface area contributed by atoms with Crippen LogP contribution in [0.25, 0.3) is 5.69 Å². The molecule has 0 aliphatic heterocycles. The van der Waals surface area contributed by atoms with Crippen molar-refractivity contribution in [1.82, 2.24) is 25.3 Å². The lowest BCUT2D eigenvalue weighted by atomic mass is 9.93. The molecule has 0 saturated heterocycles. The lowest BCUT2D eigenvalue weighted by Gasteiger charge is -2.22. The summed E-state index contributed by atoms with van der Waals surface area (Å²) in [5, 5.41) is 14.9. The van der Waals surface area contributed by atoms with Crippen LogP contribution in [-0.2, 0) is 24.1 Å². The summed E-state index contributed by atoms with van der Waals surface area (Å²) in [5.74, 6) is 0.0563. The fraction of sp³-hybridized carbons (Fsp3) is 0.350. The van der Waals surface area contributed by atoms with Gasteiger partial charge in [0.05, 0.1) is 24.0 Å². The number of amides is 1. The zero-order valence-electron chi connectivity index (χ0n) is 15.1. The third-order valence-electron chi connectivity index (χ3n) is 5.16. The van der Waals surface area contributed by atoms with Crippen molar-refractivity contribution < 1.29 is 4.79 Å². The summed E-state index contributed by atoms with van der Waals surface area (Å²) in [7, 11) is 0. The van der Waals surface area contributed by atoms with Crippen LogP contribution in [0.3, 0.4) is 0 Å². The highest BCUT2D eigenvalue weighted by Gasteiger charge is 2.23. The molecule has 0 saturated carbocycles. The predicted octanol–water partition coefficient (Wildman–Crippen LogP) is 2.43. The molecule has 4 rings (SSSR count). The van der Waals surface area contributed by atoms with Gasteiger partial charge in [-0.2, -0.15) is 10.2 Å². The van der Waals surface area contributed by atoms with E-state index in [1.54, 1.807) is 0 Å². The molecule has 0 fully saturated rings. The number of aromatic nitrogens is 4. The molecular formula is C20H23N5O. The van der Waals surface area contributed by atoms with E-state index in [9.17, 15) is 4.79 Å². The summed E-state index contributed by atoms with van der Waals surface area (Å²) < 4.78 is 1.91. The Labute approximate surface area is 152 Å². The van der Waals surface area contributed by atoms with Crippen molar-refractivity contribution in [3.8, 4) is 5.69 Å². The number of nitrogens with one attached hydrogen (secondary N) is 2. The number of nitrogens with zero attached hydrogens (tertiary/aromatic N) is 3. The molecule has 6 heteroatoms. The number of hydrogen-bond donors (Lipinski definition) is 2. The molecule has 6 nitrogen and oxygen atoms in total. The van der Waals surface area contributed by atoms with Crippen LogP contribution < -0.4 is 5.32 Å². The standard InChI is InChI=1S/C20H23N5O/c1-13-18(14(2)25(24-13)17-6-4-3-5-7-17)11-20(26)22-16-8-9-19-15(10-16)12-21-23-19/h3-7,12,16H,8-11H2,1-2H3,(H,21,23)(H,22,26).